The van der Waals surface area contributed by atoms with Crippen molar-refractivity contribution in [1.82, 2.24) is 0 Å². The number of benzene rings is 2. The molecule has 0 amide bonds. The Balaban J connectivity index is 1.78. The van der Waals surface area contributed by atoms with Crippen LogP contribution in [0.5, 0.6) is 5.75 Å². The number of hydrogen-bond donors (Lipinski definition) is 1. The van der Waals surface area contributed by atoms with Crippen LogP contribution in [0.4, 0.5) is 0 Å². The smallest absolute Gasteiger partial charge is 0.123 e. The van der Waals surface area contributed by atoms with Gasteiger partial charge in [-0.1, -0.05) is 42.0 Å². The summed E-state index contributed by atoms with van der Waals surface area (Å²) in [6.45, 7) is 2.66. The van der Waals surface area contributed by atoms with E-state index in [1.54, 1.807) is 0 Å². The van der Waals surface area contributed by atoms with Crippen LogP contribution in [0.1, 0.15) is 41.2 Å². The second-order valence-corrected chi connectivity index (χ2v) is 5.51. The van der Waals surface area contributed by atoms with Gasteiger partial charge in [-0.25, -0.2) is 0 Å². The van der Waals surface area contributed by atoms with Crippen molar-refractivity contribution in [3.63, 3.8) is 0 Å². The molecular weight excluding hydrogens is 248 g/mol. The number of hydrogen-bond acceptors (Lipinski definition) is 2. The van der Waals surface area contributed by atoms with Crippen LogP contribution in [0, 0.1) is 6.92 Å². The summed E-state index contributed by atoms with van der Waals surface area (Å²) in [6.07, 6.45) is 2.55. The highest BCUT2D eigenvalue weighted by atomic mass is 16.5. The van der Waals surface area contributed by atoms with E-state index in [4.69, 9.17) is 4.74 Å². The van der Waals surface area contributed by atoms with Crippen LogP contribution >= 0.6 is 0 Å². The SMILES string of the molecule is Cc1ccc(COc2cccc3c2CCCC3O)cc1. The van der Waals surface area contributed by atoms with Crippen LogP contribution < -0.4 is 4.74 Å². The highest BCUT2D eigenvalue weighted by Crippen LogP contribution is 2.35. The summed E-state index contributed by atoms with van der Waals surface area (Å²) >= 11 is 0. The number of fused-ring (bicyclic) bond motifs is 1. The fraction of sp³-hybridized carbons (Fsp3) is 0.333. The minimum Gasteiger partial charge on any atom is -0.489 e. The van der Waals surface area contributed by atoms with Crippen LogP contribution in [-0.2, 0) is 13.0 Å². The molecule has 0 saturated carbocycles. The summed E-state index contributed by atoms with van der Waals surface area (Å²) in [4.78, 5) is 0. The maximum Gasteiger partial charge on any atom is 0.123 e. The fourth-order valence-electron chi connectivity index (χ4n) is 2.77. The first-order valence-corrected chi connectivity index (χ1v) is 7.22. The topological polar surface area (TPSA) is 29.5 Å². The number of aryl methyl sites for hydroxylation is 1. The molecule has 20 heavy (non-hydrogen) atoms. The summed E-state index contributed by atoms with van der Waals surface area (Å²) < 4.78 is 5.97. The zero-order valence-corrected chi connectivity index (χ0v) is 11.8. The van der Waals surface area contributed by atoms with Gasteiger partial charge in [0.15, 0.2) is 0 Å². The highest BCUT2D eigenvalue weighted by Gasteiger charge is 2.20. The quantitative estimate of drug-likeness (QED) is 0.913. The molecule has 0 saturated heterocycles. The molecule has 2 aromatic rings. The largest absolute Gasteiger partial charge is 0.489 e. The predicted molar refractivity (Wildman–Crippen MR) is 79.9 cm³/mol. The van der Waals surface area contributed by atoms with Crippen molar-refractivity contribution in [1.29, 1.82) is 0 Å². The first-order valence-electron chi connectivity index (χ1n) is 7.22. The molecule has 2 heteroatoms. The van der Waals surface area contributed by atoms with Gasteiger partial charge in [-0.2, -0.15) is 0 Å². The molecule has 2 aromatic carbocycles. The molecule has 2 nitrogen and oxygen atoms in total. The van der Waals surface area contributed by atoms with Gasteiger partial charge in [0.25, 0.3) is 0 Å². The lowest BCUT2D eigenvalue weighted by atomic mass is 9.89. The van der Waals surface area contributed by atoms with Crippen molar-refractivity contribution in [2.75, 3.05) is 0 Å². The number of aliphatic hydroxyl groups is 1. The molecule has 1 N–H and O–H groups in total. The minimum absolute atomic E-state index is 0.332. The van der Waals surface area contributed by atoms with Gasteiger partial charge in [0.05, 0.1) is 6.10 Å². The van der Waals surface area contributed by atoms with E-state index in [1.807, 2.05) is 18.2 Å². The lowest BCUT2D eigenvalue weighted by molar-refractivity contribution is 0.155. The molecule has 1 unspecified atom stereocenters. The molecule has 1 atom stereocenters. The van der Waals surface area contributed by atoms with E-state index in [1.165, 1.54) is 16.7 Å². The van der Waals surface area contributed by atoms with Gasteiger partial charge < -0.3 is 9.84 Å². The summed E-state index contributed by atoms with van der Waals surface area (Å²) in [5, 5.41) is 10.0. The van der Waals surface area contributed by atoms with Crippen LogP contribution in [-0.4, -0.2) is 5.11 Å². The van der Waals surface area contributed by atoms with E-state index < -0.39 is 0 Å². The van der Waals surface area contributed by atoms with Gasteiger partial charge in [0.1, 0.15) is 12.4 Å². The summed E-state index contributed by atoms with van der Waals surface area (Å²) in [7, 11) is 0. The Bertz CT molecular complexity index is 587. The van der Waals surface area contributed by atoms with Crippen LogP contribution in [0.2, 0.25) is 0 Å². The third-order valence-corrected chi connectivity index (χ3v) is 3.95. The third-order valence-electron chi connectivity index (χ3n) is 3.95. The molecule has 1 aliphatic carbocycles. The Kier molecular flexibility index (Phi) is 3.75. The molecule has 0 spiro atoms. The standard InChI is InChI=1S/C18H20O2/c1-13-8-10-14(11-9-13)12-20-18-7-3-4-15-16(18)5-2-6-17(15)19/h3-4,7-11,17,19H,2,5-6,12H2,1H3. The van der Waals surface area contributed by atoms with Gasteiger partial charge in [-0.15, -0.1) is 0 Å². The van der Waals surface area contributed by atoms with Gasteiger partial charge in [0.2, 0.25) is 0 Å². The predicted octanol–water partition coefficient (Wildman–Crippen LogP) is 3.94. The maximum absolute atomic E-state index is 10.0. The molecule has 0 fully saturated rings. The average Bonchev–Trinajstić information content (AvgIpc) is 2.47. The normalized spacial score (nSPS) is 17.6. The van der Waals surface area contributed by atoms with Crippen molar-refractivity contribution >= 4 is 0 Å². The molecule has 0 bridgehead atoms. The van der Waals surface area contributed by atoms with Crippen molar-refractivity contribution in [3.05, 3.63) is 64.7 Å². The second kappa shape index (κ2) is 5.68. The van der Waals surface area contributed by atoms with Crippen LogP contribution in [0.3, 0.4) is 0 Å². The number of aliphatic hydroxyl groups excluding tert-OH is 1. The second-order valence-electron chi connectivity index (χ2n) is 5.51. The van der Waals surface area contributed by atoms with Gasteiger partial charge in [0, 0.05) is 0 Å². The maximum atomic E-state index is 10.0. The molecule has 0 heterocycles. The molecule has 104 valence electrons. The Morgan fingerprint density at radius 2 is 1.95 bits per heavy atom. The molecule has 1 aliphatic rings. The van der Waals surface area contributed by atoms with E-state index in [2.05, 4.69) is 31.2 Å². The van der Waals surface area contributed by atoms with Crippen molar-refractivity contribution in [3.8, 4) is 5.75 Å². The summed E-state index contributed by atoms with van der Waals surface area (Å²) in [6, 6.07) is 14.4. The lowest BCUT2D eigenvalue weighted by Crippen LogP contribution is -2.11. The van der Waals surface area contributed by atoms with Gasteiger partial charge in [-0.3, -0.25) is 0 Å². The first-order chi connectivity index (χ1) is 9.74. The molecule has 0 aliphatic heterocycles. The first kappa shape index (κ1) is 13.2. The molecular formula is C18H20O2. The molecule has 0 aromatic heterocycles. The molecule has 3 rings (SSSR count). The van der Waals surface area contributed by atoms with E-state index >= 15 is 0 Å². The lowest BCUT2D eigenvalue weighted by Gasteiger charge is -2.23. The van der Waals surface area contributed by atoms with Gasteiger partial charge >= 0.3 is 0 Å². The zero-order valence-electron chi connectivity index (χ0n) is 11.8. The summed E-state index contributed by atoms with van der Waals surface area (Å²) in [5.74, 6) is 0.918. The monoisotopic (exact) mass is 268 g/mol. The Morgan fingerprint density at radius 1 is 1.15 bits per heavy atom. The number of rotatable bonds is 3. The molecule has 0 radical (unpaired) electrons. The minimum atomic E-state index is -0.332. The van der Waals surface area contributed by atoms with Crippen molar-refractivity contribution in [2.45, 2.75) is 38.9 Å². The summed E-state index contributed by atoms with van der Waals surface area (Å²) in [5.41, 5.74) is 4.65. The highest BCUT2D eigenvalue weighted by molar-refractivity contribution is 5.43. The Labute approximate surface area is 120 Å². The van der Waals surface area contributed by atoms with E-state index in [9.17, 15) is 5.11 Å². The van der Waals surface area contributed by atoms with E-state index in [-0.39, 0.29) is 6.10 Å². The third kappa shape index (κ3) is 2.70. The van der Waals surface area contributed by atoms with Gasteiger partial charge in [-0.05, 0) is 48.9 Å². The average molecular weight is 268 g/mol. The van der Waals surface area contributed by atoms with E-state index in [0.29, 0.717) is 6.61 Å². The Hall–Kier alpha value is -1.80. The van der Waals surface area contributed by atoms with Crippen LogP contribution in [0.25, 0.3) is 0 Å². The Morgan fingerprint density at radius 3 is 2.75 bits per heavy atom. The fourth-order valence-corrected chi connectivity index (χ4v) is 2.77. The number of ether oxygens (including phenoxy) is 1. The van der Waals surface area contributed by atoms with E-state index in [0.717, 1.165) is 30.6 Å². The van der Waals surface area contributed by atoms with Crippen LogP contribution in [0.15, 0.2) is 42.5 Å². The van der Waals surface area contributed by atoms with Crippen molar-refractivity contribution < 1.29 is 9.84 Å². The zero-order chi connectivity index (χ0) is 13.9. The van der Waals surface area contributed by atoms with Crippen molar-refractivity contribution in [2.24, 2.45) is 0 Å².